The van der Waals surface area contributed by atoms with Crippen molar-refractivity contribution in [3.63, 3.8) is 0 Å². The van der Waals surface area contributed by atoms with Crippen LogP contribution in [0.15, 0.2) is 27.8 Å². The average Bonchev–Trinajstić information content (AvgIpc) is 3.00. The fourth-order valence-corrected chi connectivity index (χ4v) is 1.87. The van der Waals surface area contributed by atoms with Gasteiger partial charge in [0.05, 0.1) is 6.26 Å². The van der Waals surface area contributed by atoms with E-state index in [-0.39, 0.29) is 24.0 Å². The van der Waals surface area contributed by atoms with Gasteiger partial charge in [-0.3, -0.25) is 4.99 Å². The van der Waals surface area contributed by atoms with E-state index in [4.69, 9.17) is 9.15 Å². The molecule has 0 radical (unpaired) electrons. The van der Waals surface area contributed by atoms with E-state index in [9.17, 15) is 0 Å². The molecule has 0 fully saturated rings. The maximum Gasteiger partial charge on any atom is 0.191 e. The van der Waals surface area contributed by atoms with Gasteiger partial charge in [0.1, 0.15) is 12.4 Å². The first-order valence-corrected chi connectivity index (χ1v) is 7.99. The minimum absolute atomic E-state index is 0. The van der Waals surface area contributed by atoms with Crippen LogP contribution < -0.4 is 10.6 Å². The van der Waals surface area contributed by atoms with Gasteiger partial charge in [0.2, 0.25) is 0 Å². The summed E-state index contributed by atoms with van der Waals surface area (Å²) in [6, 6.07) is 3.78. The Labute approximate surface area is 157 Å². The van der Waals surface area contributed by atoms with Crippen molar-refractivity contribution in [2.45, 2.75) is 26.4 Å². The fraction of sp³-hybridized carbons (Fsp3) is 0.688. The van der Waals surface area contributed by atoms with Gasteiger partial charge in [-0.25, -0.2) is 0 Å². The number of rotatable bonds is 11. The van der Waals surface area contributed by atoms with Crippen LogP contribution in [0.1, 0.15) is 25.5 Å². The number of halogens is 1. The van der Waals surface area contributed by atoms with E-state index in [1.54, 1.807) is 6.26 Å². The van der Waals surface area contributed by atoms with Gasteiger partial charge >= 0.3 is 0 Å². The summed E-state index contributed by atoms with van der Waals surface area (Å²) in [7, 11) is 4.17. The molecule has 1 rings (SSSR count). The summed E-state index contributed by atoms with van der Waals surface area (Å²) in [5, 5.41) is 6.60. The second kappa shape index (κ2) is 14.8. The van der Waals surface area contributed by atoms with E-state index < -0.39 is 0 Å². The molecule has 0 aliphatic carbocycles. The summed E-state index contributed by atoms with van der Waals surface area (Å²) in [4.78, 5) is 6.72. The van der Waals surface area contributed by atoms with Gasteiger partial charge in [-0.2, -0.15) is 0 Å². The van der Waals surface area contributed by atoms with E-state index in [0.29, 0.717) is 13.2 Å². The van der Waals surface area contributed by atoms with E-state index in [1.165, 1.54) is 0 Å². The Morgan fingerprint density at radius 3 is 2.78 bits per heavy atom. The zero-order chi connectivity index (χ0) is 16.0. The van der Waals surface area contributed by atoms with Gasteiger partial charge in [0.15, 0.2) is 5.96 Å². The molecule has 1 heterocycles. The summed E-state index contributed by atoms with van der Waals surface area (Å²) >= 11 is 0. The predicted octanol–water partition coefficient (Wildman–Crippen LogP) is 2.31. The molecule has 23 heavy (non-hydrogen) atoms. The van der Waals surface area contributed by atoms with Crippen LogP contribution in [-0.2, 0) is 11.3 Å². The first-order chi connectivity index (χ1) is 10.7. The van der Waals surface area contributed by atoms with Crippen LogP contribution in [0, 0.1) is 0 Å². The molecule has 6 nitrogen and oxygen atoms in total. The lowest BCUT2D eigenvalue weighted by Gasteiger charge is -2.13. The third kappa shape index (κ3) is 12.3. The molecular weight excluding hydrogens is 407 g/mol. The first kappa shape index (κ1) is 22.2. The third-order valence-electron chi connectivity index (χ3n) is 2.96. The highest BCUT2D eigenvalue weighted by Gasteiger charge is 1.98. The maximum atomic E-state index is 5.54. The standard InChI is InChI=1S/C16H30N4O2.HI/c1-4-17-16(18-9-6-11-20(2)3)19-10-7-12-21-14-15-8-5-13-22-15;/h5,8,13H,4,6-7,9-12,14H2,1-3H3,(H2,17,18,19);1H. The third-order valence-corrected chi connectivity index (χ3v) is 2.96. The lowest BCUT2D eigenvalue weighted by molar-refractivity contribution is 0.105. The summed E-state index contributed by atoms with van der Waals surface area (Å²) in [6.45, 7) is 6.91. The quantitative estimate of drug-likeness (QED) is 0.240. The zero-order valence-electron chi connectivity index (χ0n) is 14.5. The normalized spacial score (nSPS) is 11.4. The molecule has 0 saturated carbocycles. The summed E-state index contributed by atoms with van der Waals surface area (Å²) < 4.78 is 10.7. The number of aliphatic imine (C=N–C) groups is 1. The average molecular weight is 438 g/mol. The molecular formula is C16H31IN4O2. The summed E-state index contributed by atoms with van der Waals surface area (Å²) in [5.74, 6) is 1.74. The van der Waals surface area contributed by atoms with Crippen LogP contribution in [0.4, 0.5) is 0 Å². The summed E-state index contributed by atoms with van der Waals surface area (Å²) in [5.41, 5.74) is 0. The molecule has 0 aliphatic rings. The SMILES string of the molecule is CCNC(=NCCCOCc1ccco1)NCCCN(C)C.I. The molecule has 7 heteroatoms. The van der Waals surface area contributed by atoms with Crippen LogP contribution in [0.3, 0.4) is 0 Å². The number of nitrogens with one attached hydrogen (secondary N) is 2. The van der Waals surface area contributed by atoms with Gasteiger partial charge in [-0.05, 0) is 52.5 Å². The van der Waals surface area contributed by atoms with Gasteiger partial charge in [0.25, 0.3) is 0 Å². The van der Waals surface area contributed by atoms with E-state index >= 15 is 0 Å². The Morgan fingerprint density at radius 1 is 1.30 bits per heavy atom. The molecule has 134 valence electrons. The largest absolute Gasteiger partial charge is 0.467 e. The molecule has 0 saturated heterocycles. The number of hydrogen-bond donors (Lipinski definition) is 2. The minimum Gasteiger partial charge on any atom is -0.467 e. The Hall–Kier alpha value is -0.800. The van der Waals surface area contributed by atoms with Crippen molar-refractivity contribution in [1.82, 2.24) is 15.5 Å². The Morgan fingerprint density at radius 2 is 2.13 bits per heavy atom. The fourth-order valence-electron chi connectivity index (χ4n) is 1.87. The van der Waals surface area contributed by atoms with Gasteiger partial charge in [-0.1, -0.05) is 0 Å². The number of ether oxygens (including phenoxy) is 1. The lowest BCUT2D eigenvalue weighted by Crippen LogP contribution is -2.38. The van der Waals surface area contributed by atoms with Crippen molar-refractivity contribution in [2.75, 3.05) is 46.9 Å². The molecule has 0 atom stereocenters. The highest BCUT2D eigenvalue weighted by molar-refractivity contribution is 14.0. The Kier molecular flexibility index (Phi) is 14.3. The molecule has 0 amide bonds. The molecule has 0 spiro atoms. The summed E-state index contributed by atoms with van der Waals surface area (Å²) in [6.07, 6.45) is 3.66. The van der Waals surface area contributed by atoms with Crippen LogP contribution in [0.5, 0.6) is 0 Å². The minimum atomic E-state index is 0. The molecule has 0 bridgehead atoms. The molecule has 0 unspecified atom stereocenters. The zero-order valence-corrected chi connectivity index (χ0v) is 16.8. The van der Waals surface area contributed by atoms with Crippen molar-refractivity contribution < 1.29 is 9.15 Å². The van der Waals surface area contributed by atoms with Gasteiger partial charge in [0, 0.05) is 26.2 Å². The smallest absolute Gasteiger partial charge is 0.191 e. The topological polar surface area (TPSA) is 62.0 Å². The van der Waals surface area contributed by atoms with Crippen molar-refractivity contribution in [3.05, 3.63) is 24.2 Å². The highest BCUT2D eigenvalue weighted by atomic mass is 127. The molecule has 1 aromatic heterocycles. The number of furan rings is 1. The number of nitrogens with zero attached hydrogens (tertiary/aromatic N) is 2. The van der Waals surface area contributed by atoms with Crippen LogP contribution >= 0.6 is 24.0 Å². The molecule has 2 N–H and O–H groups in total. The monoisotopic (exact) mass is 438 g/mol. The maximum absolute atomic E-state index is 5.54. The molecule has 1 aromatic rings. The van der Waals surface area contributed by atoms with Crippen LogP contribution in [0.25, 0.3) is 0 Å². The predicted molar refractivity (Wildman–Crippen MR) is 106 cm³/mol. The van der Waals surface area contributed by atoms with Crippen molar-refractivity contribution in [2.24, 2.45) is 4.99 Å². The lowest BCUT2D eigenvalue weighted by atomic mass is 10.4. The van der Waals surface area contributed by atoms with Crippen molar-refractivity contribution >= 4 is 29.9 Å². The molecule has 0 aromatic carbocycles. The van der Waals surface area contributed by atoms with E-state index in [0.717, 1.165) is 50.7 Å². The number of hydrogen-bond acceptors (Lipinski definition) is 4. The van der Waals surface area contributed by atoms with Gasteiger partial charge < -0.3 is 24.7 Å². The molecule has 0 aliphatic heterocycles. The van der Waals surface area contributed by atoms with E-state index in [2.05, 4.69) is 41.5 Å². The van der Waals surface area contributed by atoms with Gasteiger partial charge in [-0.15, -0.1) is 24.0 Å². The number of guanidine groups is 1. The van der Waals surface area contributed by atoms with E-state index in [1.807, 2.05) is 12.1 Å². The van der Waals surface area contributed by atoms with Crippen LogP contribution in [-0.4, -0.2) is 57.7 Å². The van der Waals surface area contributed by atoms with Crippen molar-refractivity contribution in [1.29, 1.82) is 0 Å². The van der Waals surface area contributed by atoms with Crippen LogP contribution in [0.2, 0.25) is 0 Å². The Bertz CT molecular complexity index is 397. The highest BCUT2D eigenvalue weighted by Crippen LogP contribution is 2.01. The van der Waals surface area contributed by atoms with Crippen molar-refractivity contribution in [3.8, 4) is 0 Å². The second-order valence-corrected chi connectivity index (χ2v) is 5.33. The first-order valence-electron chi connectivity index (χ1n) is 7.99. The Balaban J connectivity index is 0.00000484. The second-order valence-electron chi connectivity index (χ2n) is 5.33.